The van der Waals surface area contributed by atoms with E-state index in [1.807, 2.05) is 42.5 Å². The van der Waals surface area contributed by atoms with Gasteiger partial charge in [0.25, 0.3) is 0 Å². The Hall–Kier alpha value is -2.70. The Labute approximate surface area is 184 Å². The lowest BCUT2D eigenvalue weighted by Crippen LogP contribution is -2.45. The molecule has 6 heteroatoms. The second kappa shape index (κ2) is 10.6. The normalized spacial score (nSPS) is 18.6. The van der Waals surface area contributed by atoms with E-state index in [1.165, 1.54) is 5.56 Å². The molecule has 0 aliphatic carbocycles. The zero-order chi connectivity index (χ0) is 21.5. The molecule has 0 bridgehead atoms. The van der Waals surface area contributed by atoms with E-state index in [1.54, 1.807) is 4.90 Å². The summed E-state index contributed by atoms with van der Waals surface area (Å²) in [5, 5.41) is 3.08. The molecule has 0 saturated carbocycles. The fourth-order valence-corrected chi connectivity index (χ4v) is 4.35. The number of hydrogen-bond acceptors (Lipinski definition) is 4. The third kappa shape index (κ3) is 5.71. The largest absolute Gasteiger partial charge is 0.379 e. The maximum Gasteiger partial charge on any atom is 0.247 e. The highest BCUT2D eigenvalue weighted by Crippen LogP contribution is 2.26. The van der Waals surface area contributed by atoms with Gasteiger partial charge in [-0.1, -0.05) is 54.6 Å². The molecule has 2 aliphatic rings. The molecule has 2 aromatic rings. The summed E-state index contributed by atoms with van der Waals surface area (Å²) in [7, 11) is 0. The minimum absolute atomic E-state index is 0.0581. The SMILES string of the molecule is O=C(NCc1cccc(CN2CCOCC2)c1)C(c1ccccc1)N1CCCCC1=O. The third-order valence-corrected chi connectivity index (χ3v) is 6.00. The molecule has 31 heavy (non-hydrogen) atoms. The van der Waals surface area contributed by atoms with Crippen LogP contribution >= 0.6 is 0 Å². The highest BCUT2D eigenvalue weighted by Gasteiger charge is 2.32. The number of likely N-dealkylation sites (tertiary alicyclic amines) is 1. The number of carbonyl (C=O) groups excluding carboxylic acids is 2. The van der Waals surface area contributed by atoms with Crippen molar-refractivity contribution in [2.75, 3.05) is 32.8 Å². The topological polar surface area (TPSA) is 61.9 Å². The number of benzene rings is 2. The summed E-state index contributed by atoms with van der Waals surface area (Å²) in [6, 6.07) is 17.4. The molecule has 0 aromatic heterocycles. The van der Waals surface area contributed by atoms with Crippen LogP contribution in [0.4, 0.5) is 0 Å². The second-order valence-corrected chi connectivity index (χ2v) is 8.28. The van der Waals surface area contributed by atoms with Crippen LogP contribution < -0.4 is 5.32 Å². The number of nitrogens with zero attached hydrogens (tertiary/aromatic N) is 2. The number of rotatable bonds is 7. The Morgan fingerprint density at radius 1 is 0.968 bits per heavy atom. The Morgan fingerprint density at radius 2 is 1.74 bits per heavy atom. The minimum Gasteiger partial charge on any atom is -0.379 e. The monoisotopic (exact) mass is 421 g/mol. The van der Waals surface area contributed by atoms with Crippen LogP contribution in [0.25, 0.3) is 0 Å². The minimum atomic E-state index is -0.578. The van der Waals surface area contributed by atoms with Crippen LogP contribution in [-0.2, 0) is 27.4 Å². The number of hydrogen-bond donors (Lipinski definition) is 1. The molecule has 1 unspecified atom stereocenters. The molecule has 1 N–H and O–H groups in total. The molecule has 1 atom stereocenters. The summed E-state index contributed by atoms with van der Waals surface area (Å²) in [6.45, 7) is 5.42. The third-order valence-electron chi connectivity index (χ3n) is 6.00. The molecule has 2 saturated heterocycles. The first-order chi connectivity index (χ1) is 15.2. The molecule has 0 spiro atoms. The Balaban J connectivity index is 1.43. The highest BCUT2D eigenvalue weighted by atomic mass is 16.5. The van der Waals surface area contributed by atoms with Gasteiger partial charge in [0.2, 0.25) is 11.8 Å². The lowest BCUT2D eigenvalue weighted by atomic mass is 10.0. The first-order valence-electron chi connectivity index (χ1n) is 11.2. The molecule has 164 valence electrons. The Bertz CT molecular complexity index is 881. The fraction of sp³-hybridized carbons (Fsp3) is 0.440. The van der Waals surface area contributed by atoms with E-state index in [9.17, 15) is 9.59 Å². The summed E-state index contributed by atoms with van der Waals surface area (Å²) in [5.41, 5.74) is 3.16. The van der Waals surface area contributed by atoms with Gasteiger partial charge in [0.15, 0.2) is 0 Å². The van der Waals surface area contributed by atoms with Crippen molar-refractivity contribution in [1.29, 1.82) is 0 Å². The van der Waals surface area contributed by atoms with E-state index in [2.05, 4.69) is 22.3 Å². The average molecular weight is 422 g/mol. The van der Waals surface area contributed by atoms with Crippen molar-refractivity contribution in [3.8, 4) is 0 Å². The van der Waals surface area contributed by atoms with Gasteiger partial charge in [0, 0.05) is 39.1 Å². The summed E-state index contributed by atoms with van der Waals surface area (Å²) in [4.78, 5) is 29.9. The quantitative estimate of drug-likeness (QED) is 0.747. The fourth-order valence-electron chi connectivity index (χ4n) is 4.35. The van der Waals surface area contributed by atoms with Gasteiger partial charge in [-0.05, 0) is 29.5 Å². The van der Waals surface area contributed by atoms with Gasteiger partial charge in [0.05, 0.1) is 13.2 Å². The number of ether oxygens (including phenoxy) is 1. The summed E-state index contributed by atoms with van der Waals surface area (Å²) in [5.74, 6) is -0.0669. The number of nitrogens with one attached hydrogen (secondary N) is 1. The van der Waals surface area contributed by atoms with Crippen molar-refractivity contribution >= 4 is 11.8 Å². The van der Waals surface area contributed by atoms with Crippen molar-refractivity contribution in [3.05, 3.63) is 71.3 Å². The maximum absolute atomic E-state index is 13.2. The zero-order valence-electron chi connectivity index (χ0n) is 18.0. The molecule has 2 heterocycles. The summed E-state index contributed by atoms with van der Waals surface area (Å²) in [6.07, 6.45) is 2.35. The van der Waals surface area contributed by atoms with E-state index in [4.69, 9.17) is 4.74 Å². The molecule has 0 radical (unpaired) electrons. The van der Waals surface area contributed by atoms with Crippen LogP contribution in [0.1, 0.15) is 42.0 Å². The predicted molar refractivity (Wildman–Crippen MR) is 119 cm³/mol. The van der Waals surface area contributed by atoms with Crippen molar-refractivity contribution in [3.63, 3.8) is 0 Å². The highest BCUT2D eigenvalue weighted by molar-refractivity contribution is 5.89. The van der Waals surface area contributed by atoms with Crippen molar-refractivity contribution in [2.45, 2.75) is 38.4 Å². The Morgan fingerprint density at radius 3 is 2.52 bits per heavy atom. The number of amides is 2. The van der Waals surface area contributed by atoms with Gasteiger partial charge in [-0.2, -0.15) is 0 Å². The molecule has 2 amide bonds. The van der Waals surface area contributed by atoms with Gasteiger partial charge in [-0.15, -0.1) is 0 Å². The van der Waals surface area contributed by atoms with E-state index < -0.39 is 6.04 Å². The van der Waals surface area contributed by atoms with Crippen LogP contribution in [-0.4, -0.2) is 54.5 Å². The lowest BCUT2D eigenvalue weighted by Gasteiger charge is -2.34. The first kappa shape index (κ1) is 21.5. The van der Waals surface area contributed by atoms with E-state index >= 15 is 0 Å². The number of morpholine rings is 1. The van der Waals surface area contributed by atoms with Crippen molar-refractivity contribution in [1.82, 2.24) is 15.1 Å². The van der Waals surface area contributed by atoms with Crippen LogP contribution in [0, 0.1) is 0 Å². The van der Waals surface area contributed by atoms with Crippen LogP contribution in [0.3, 0.4) is 0 Å². The molecule has 2 aromatic carbocycles. The molecular weight excluding hydrogens is 390 g/mol. The molecule has 2 fully saturated rings. The van der Waals surface area contributed by atoms with Gasteiger partial charge >= 0.3 is 0 Å². The number of piperidine rings is 1. The Kier molecular flexibility index (Phi) is 7.33. The van der Waals surface area contributed by atoms with Crippen LogP contribution in [0.2, 0.25) is 0 Å². The maximum atomic E-state index is 13.2. The van der Waals surface area contributed by atoms with Gasteiger partial charge in [0.1, 0.15) is 6.04 Å². The molecule has 6 nitrogen and oxygen atoms in total. The van der Waals surface area contributed by atoms with Gasteiger partial charge < -0.3 is 15.0 Å². The second-order valence-electron chi connectivity index (χ2n) is 8.28. The van der Waals surface area contributed by atoms with Gasteiger partial charge in [-0.3, -0.25) is 14.5 Å². The standard InChI is InChI=1S/C25H31N3O3/c29-23-11-4-5-12-28(23)24(22-9-2-1-3-10-22)25(30)26-18-20-7-6-8-21(17-20)19-27-13-15-31-16-14-27/h1-3,6-10,17,24H,4-5,11-16,18-19H2,(H,26,30). The summed E-state index contributed by atoms with van der Waals surface area (Å²) >= 11 is 0. The van der Waals surface area contributed by atoms with Gasteiger partial charge in [-0.25, -0.2) is 0 Å². The first-order valence-corrected chi connectivity index (χ1v) is 11.2. The van der Waals surface area contributed by atoms with E-state index in [-0.39, 0.29) is 11.8 Å². The molecule has 4 rings (SSSR count). The van der Waals surface area contributed by atoms with Crippen LogP contribution in [0.15, 0.2) is 54.6 Å². The van der Waals surface area contributed by atoms with Crippen molar-refractivity contribution in [2.24, 2.45) is 0 Å². The van der Waals surface area contributed by atoms with Crippen LogP contribution in [0.5, 0.6) is 0 Å². The average Bonchev–Trinajstić information content (AvgIpc) is 2.81. The zero-order valence-corrected chi connectivity index (χ0v) is 18.0. The molecular formula is C25H31N3O3. The molecule has 2 aliphatic heterocycles. The lowest BCUT2D eigenvalue weighted by molar-refractivity contribution is -0.142. The van der Waals surface area contributed by atoms with E-state index in [0.717, 1.165) is 56.8 Å². The predicted octanol–water partition coefficient (Wildman–Crippen LogP) is 2.89. The smallest absolute Gasteiger partial charge is 0.247 e. The van der Waals surface area contributed by atoms with E-state index in [0.29, 0.717) is 19.5 Å². The van der Waals surface area contributed by atoms with Crippen molar-refractivity contribution < 1.29 is 14.3 Å². The number of carbonyl (C=O) groups is 2. The summed E-state index contributed by atoms with van der Waals surface area (Å²) < 4.78 is 5.43.